The predicted octanol–water partition coefficient (Wildman–Crippen LogP) is 5.53. The summed E-state index contributed by atoms with van der Waals surface area (Å²) in [7, 11) is 0. The van der Waals surface area contributed by atoms with E-state index in [1.54, 1.807) is 0 Å². The molecule has 0 bridgehead atoms. The Kier molecular flexibility index (Phi) is 4.37. The molecule has 1 N–H and O–H groups in total. The van der Waals surface area contributed by atoms with Crippen LogP contribution in [0.5, 0.6) is 0 Å². The SMILES string of the molecule is Cc1ccc(NC2CCCC(C)(C)CC2)cc1Br. The Hall–Kier alpha value is -0.500. The van der Waals surface area contributed by atoms with Crippen molar-refractivity contribution in [3.05, 3.63) is 28.2 Å². The summed E-state index contributed by atoms with van der Waals surface area (Å²) in [5, 5.41) is 3.70. The van der Waals surface area contributed by atoms with E-state index in [9.17, 15) is 0 Å². The van der Waals surface area contributed by atoms with Gasteiger partial charge in [-0.15, -0.1) is 0 Å². The minimum Gasteiger partial charge on any atom is -0.382 e. The molecule has 1 nitrogen and oxygen atoms in total. The van der Waals surface area contributed by atoms with E-state index >= 15 is 0 Å². The maximum absolute atomic E-state index is 3.70. The summed E-state index contributed by atoms with van der Waals surface area (Å²) in [6, 6.07) is 7.20. The second-order valence-corrected chi connectivity index (χ2v) is 7.25. The Morgan fingerprint density at radius 3 is 2.72 bits per heavy atom. The van der Waals surface area contributed by atoms with E-state index in [1.165, 1.54) is 47.8 Å². The molecule has 0 aromatic heterocycles. The van der Waals surface area contributed by atoms with Gasteiger partial charge >= 0.3 is 0 Å². The van der Waals surface area contributed by atoms with Crippen molar-refractivity contribution >= 4 is 21.6 Å². The van der Waals surface area contributed by atoms with Gasteiger partial charge < -0.3 is 5.32 Å². The number of hydrogen-bond donors (Lipinski definition) is 1. The fourth-order valence-corrected chi connectivity index (χ4v) is 3.10. The number of hydrogen-bond acceptors (Lipinski definition) is 1. The molecule has 1 aromatic carbocycles. The lowest BCUT2D eigenvalue weighted by Gasteiger charge is -2.22. The fourth-order valence-electron chi connectivity index (χ4n) is 2.72. The number of benzene rings is 1. The molecule has 2 rings (SSSR count). The van der Waals surface area contributed by atoms with Crippen molar-refractivity contribution in [3.63, 3.8) is 0 Å². The molecular weight excluding hydrogens is 286 g/mol. The highest BCUT2D eigenvalue weighted by molar-refractivity contribution is 9.10. The third kappa shape index (κ3) is 3.74. The van der Waals surface area contributed by atoms with Crippen LogP contribution < -0.4 is 5.32 Å². The molecular formula is C16H24BrN. The van der Waals surface area contributed by atoms with Crippen molar-refractivity contribution in [2.24, 2.45) is 5.41 Å². The first-order valence-electron chi connectivity index (χ1n) is 6.99. The zero-order valence-electron chi connectivity index (χ0n) is 11.7. The molecule has 0 amide bonds. The van der Waals surface area contributed by atoms with Gasteiger partial charge in [-0.05, 0) is 55.7 Å². The summed E-state index contributed by atoms with van der Waals surface area (Å²) in [5.41, 5.74) is 3.07. The van der Waals surface area contributed by atoms with Crippen LogP contribution in [0.15, 0.2) is 22.7 Å². The molecule has 1 saturated carbocycles. The number of halogens is 1. The Balaban J connectivity index is 1.98. The van der Waals surface area contributed by atoms with E-state index in [0.29, 0.717) is 11.5 Å². The average molecular weight is 310 g/mol. The first-order valence-corrected chi connectivity index (χ1v) is 7.78. The van der Waals surface area contributed by atoms with Gasteiger partial charge in [0.2, 0.25) is 0 Å². The quantitative estimate of drug-likeness (QED) is 0.708. The van der Waals surface area contributed by atoms with Crippen LogP contribution in [-0.4, -0.2) is 6.04 Å². The maximum Gasteiger partial charge on any atom is 0.0353 e. The smallest absolute Gasteiger partial charge is 0.0353 e. The number of anilines is 1. The molecule has 1 aliphatic carbocycles. The normalized spacial score (nSPS) is 23.4. The van der Waals surface area contributed by atoms with Crippen LogP contribution >= 0.6 is 15.9 Å². The monoisotopic (exact) mass is 309 g/mol. The number of aryl methyl sites for hydroxylation is 1. The Bertz CT molecular complexity index is 412. The summed E-state index contributed by atoms with van der Waals surface area (Å²) in [6.07, 6.45) is 6.63. The lowest BCUT2D eigenvalue weighted by Crippen LogP contribution is -2.19. The molecule has 0 radical (unpaired) electrons. The summed E-state index contributed by atoms with van der Waals surface area (Å²) in [4.78, 5) is 0. The van der Waals surface area contributed by atoms with Crippen LogP contribution in [0.4, 0.5) is 5.69 Å². The number of nitrogens with one attached hydrogen (secondary N) is 1. The predicted molar refractivity (Wildman–Crippen MR) is 83.2 cm³/mol. The van der Waals surface area contributed by atoms with E-state index < -0.39 is 0 Å². The zero-order chi connectivity index (χ0) is 13.2. The molecule has 0 aliphatic heterocycles. The Morgan fingerprint density at radius 1 is 1.22 bits per heavy atom. The van der Waals surface area contributed by atoms with Crippen LogP contribution in [0.1, 0.15) is 51.5 Å². The molecule has 100 valence electrons. The first-order chi connectivity index (χ1) is 8.46. The van der Waals surface area contributed by atoms with Crippen molar-refractivity contribution < 1.29 is 0 Å². The largest absolute Gasteiger partial charge is 0.382 e. The second-order valence-electron chi connectivity index (χ2n) is 6.40. The fraction of sp³-hybridized carbons (Fsp3) is 0.625. The summed E-state index contributed by atoms with van der Waals surface area (Å²) < 4.78 is 1.20. The van der Waals surface area contributed by atoms with Gasteiger partial charge in [0.15, 0.2) is 0 Å². The van der Waals surface area contributed by atoms with Gasteiger partial charge in [-0.3, -0.25) is 0 Å². The van der Waals surface area contributed by atoms with Crippen LogP contribution in [0.25, 0.3) is 0 Å². The first kappa shape index (κ1) is 13.9. The zero-order valence-corrected chi connectivity index (χ0v) is 13.3. The minimum absolute atomic E-state index is 0.532. The average Bonchev–Trinajstić information content (AvgIpc) is 2.46. The van der Waals surface area contributed by atoms with Gasteiger partial charge in [-0.2, -0.15) is 0 Å². The summed E-state index contributed by atoms with van der Waals surface area (Å²) in [5.74, 6) is 0. The van der Waals surface area contributed by atoms with Crippen LogP contribution in [-0.2, 0) is 0 Å². The highest BCUT2D eigenvalue weighted by Crippen LogP contribution is 2.34. The molecule has 1 fully saturated rings. The lowest BCUT2D eigenvalue weighted by molar-refractivity contribution is 0.313. The Morgan fingerprint density at radius 2 is 2.00 bits per heavy atom. The van der Waals surface area contributed by atoms with Crippen molar-refractivity contribution in [3.8, 4) is 0 Å². The van der Waals surface area contributed by atoms with Gasteiger partial charge in [-0.1, -0.05) is 42.3 Å². The summed E-state index contributed by atoms with van der Waals surface area (Å²) in [6.45, 7) is 6.93. The second kappa shape index (κ2) is 5.64. The molecule has 0 heterocycles. The maximum atomic E-state index is 3.70. The topological polar surface area (TPSA) is 12.0 Å². The summed E-state index contributed by atoms with van der Waals surface area (Å²) >= 11 is 3.60. The third-order valence-corrected chi connectivity index (χ3v) is 4.97. The highest BCUT2D eigenvalue weighted by Gasteiger charge is 2.24. The minimum atomic E-state index is 0.532. The molecule has 1 unspecified atom stereocenters. The van der Waals surface area contributed by atoms with E-state index in [1.807, 2.05) is 0 Å². The molecule has 2 heteroatoms. The van der Waals surface area contributed by atoms with Crippen molar-refractivity contribution in [1.29, 1.82) is 0 Å². The lowest BCUT2D eigenvalue weighted by atomic mass is 9.85. The van der Waals surface area contributed by atoms with Crippen molar-refractivity contribution in [2.45, 2.75) is 58.9 Å². The van der Waals surface area contributed by atoms with Gasteiger partial charge in [0.25, 0.3) is 0 Å². The van der Waals surface area contributed by atoms with Gasteiger partial charge in [-0.25, -0.2) is 0 Å². The Labute approximate surface area is 119 Å². The molecule has 1 aliphatic rings. The molecule has 1 atom stereocenters. The van der Waals surface area contributed by atoms with Gasteiger partial charge in [0.1, 0.15) is 0 Å². The van der Waals surface area contributed by atoms with Crippen LogP contribution in [0.3, 0.4) is 0 Å². The van der Waals surface area contributed by atoms with E-state index in [-0.39, 0.29) is 0 Å². The molecule has 0 saturated heterocycles. The van der Waals surface area contributed by atoms with E-state index in [2.05, 4.69) is 60.2 Å². The van der Waals surface area contributed by atoms with Crippen molar-refractivity contribution in [1.82, 2.24) is 0 Å². The standard InChI is InChI=1S/C16H24BrN/c1-12-6-7-14(11-15(12)17)18-13-5-4-9-16(2,3)10-8-13/h6-7,11,13,18H,4-5,8-10H2,1-3H3. The van der Waals surface area contributed by atoms with Gasteiger partial charge in [0, 0.05) is 16.2 Å². The molecule has 18 heavy (non-hydrogen) atoms. The number of rotatable bonds is 2. The third-order valence-electron chi connectivity index (χ3n) is 4.12. The van der Waals surface area contributed by atoms with Crippen molar-refractivity contribution in [2.75, 3.05) is 5.32 Å². The van der Waals surface area contributed by atoms with Crippen LogP contribution in [0, 0.1) is 12.3 Å². The van der Waals surface area contributed by atoms with E-state index in [0.717, 1.165) is 0 Å². The molecule has 0 spiro atoms. The van der Waals surface area contributed by atoms with E-state index in [4.69, 9.17) is 0 Å². The molecule has 1 aromatic rings. The van der Waals surface area contributed by atoms with Crippen LogP contribution in [0.2, 0.25) is 0 Å². The van der Waals surface area contributed by atoms with Gasteiger partial charge in [0.05, 0.1) is 0 Å². The highest BCUT2D eigenvalue weighted by atomic mass is 79.9.